The van der Waals surface area contributed by atoms with Crippen molar-refractivity contribution in [1.29, 1.82) is 0 Å². The fourth-order valence-corrected chi connectivity index (χ4v) is 2.12. The number of amides is 1. The summed E-state index contributed by atoms with van der Waals surface area (Å²) in [6, 6.07) is 0. The number of carbonyl (C=O) groups is 2. The van der Waals surface area contributed by atoms with Crippen molar-refractivity contribution in [3.05, 3.63) is 0 Å². The summed E-state index contributed by atoms with van der Waals surface area (Å²) in [7, 11) is 0. The molecule has 0 aromatic rings. The molecular weight excluding hydrogens is 222 g/mol. The number of hydrogen-bond acceptors (Lipinski definition) is 4. The van der Waals surface area contributed by atoms with Gasteiger partial charge in [0.1, 0.15) is 18.9 Å². The number of β-lactam (4-membered cyclic amide) rings is 1. The standard InChI is InChI=1S/C12H19NO4/c1-2-3-4-5-12(15)16-8-9-7-13-10(14)6-11(13)17-9/h9,11H,2-8H2,1H3. The zero-order valence-electron chi connectivity index (χ0n) is 10.2. The molecule has 0 N–H and O–H groups in total. The Balaban J connectivity index is 1.59. The summed E-state index contributed by atoms with van der Waals surface area (Å²) in [4.78, 5) is 24.2. The van der Waals surface area contributed by atoms with Crippen LogP contribution in [0, 0.1) is 0 Å². The summed E-state index contributed by atoms with van der Waals surface area (Å²) in [5, 5.41) is 0. The molecule has 2 rings (SSSR count). The molecular formula is C12H19NO4. The van der Waals surface area contributed by atoms with E-state index in [0.717, 1.165) is 19.3 Å². The molecule has 2 saturated heterocycles. The van der Waals surface area contributed by atoms with Gasteiger partial charge in [-0.25, -0.2) is 0 Å². The van der Waals surface area contributed by atoms with Crippen molar-refractivity contribution in [1.82, 2.24) is 4.90 Å². The van der Waals surface area contributed by atoms with E-state index < -0.39 is 0 Å². The minimum absolute atomic E-state index is 0.0636. The first-order chi connectivity index (χ1) is 8.20. The molecule has 17 heavy (non-hydrogen) atoms. The Morgan fingerprint density at radius 3 is 3.00 bits per heavy atom. The Morgan fingerprint density at radius 1 is 1.53 bits per heavy atom. The molecule has 2 atom stereocenters. The Labute approximate surface area is 101 Å². The third-order valence-corrected chi connectivity index (χ3v) is 3.18. The normalized spacial score (nSPS) is 26.6. The van der Waals surface area contributed by atoms with Crippen LogP contribution in [0.1, 0.15) is 39.0 Å². The fourth-order valence-electron chi connectivity index (χ4n) is 2.12. The molecule has 0 saturated carbocycles. The van der Waals surface area contributed by atoms with Gasteiger partial charge in [0.05, 0.1) is 13.0 Å². The van der Waals surface area contributed by atoms with Crippen LogP contribution < -0.4 is 0 Å². The predicted molar refractivity (Wildman–Crippen MR) is 60.1 cm³/mol. The van der Waals surface area contributed by atoms with Gasteiger partial charge in [0.15, 0.2) is 0 Å². The molecule has 5 nitrogen and oxygen atoms in total. The van der Waals surface area contributed by atoms with Crippen LogP contribution in [0.5, 0.6) is 0 Å². The van der Waals surface area contributed by atoms with Crippen molar-refractivity contribution in [3.63, 3.8) is 0 Å². The van der Waals surface area contributed by atoms with Gasteiger partial charge < -0.3 is 14.4 Å². The number of hydrogen-bond donors (Lipinski definition) is 0. The van der Waals surface area contributed by atoms with E-state index in [1.807, 2.05) is 0 Å². The average Bonchev–Trinajstić information content (AvgIpc) is 2.64. The largest absolute Gasteiger partial charge is 0.463 e. The molecule has 0 aromatic carbocycles. The SMILES string of the molecule is CCCCCC(=O)OCC1CN2C(=O)CC2O1. The van der Waals surface area contributed by atoms with E-state index >= 15 is 0 Å². The molecule has 2 aliphatic rings. The number of nitrogens with zero attached hydrogens (tertiary/aromatic N) is 1. The molecule has 2 heterocycles. The van der Waals surface area contributed by atoms with E-state index in [-0.39, 0.29) is 30.8 Å². The van der Waals surface area contributed by atoms with Crippen LogP contribution >= 0.6 is 0 Å². The smallest absolute Gasteiger partial charge is 0.305 e. The molecule has 0 spiro atoms. The average molecular weight is 241 g/mol. The first-order valence-corrected chi connectivity index (χ1v) is 6.31. The Morgan fingerprint density at radius 2 is 2.35 bits per heavy atom. The van der Waals surface area contributed by atoms with Gasteiger partial charge in [-0.3, -0.25) is 9.59 Å². The van der Waals surface area contributed by atoms with E-state index in [1.165, 1.54) is 0 Å². The summed E-state index contributed by atoms with van der Waals surface area (Å²) in [6.07, 6.45) is 3.78. The molecule has 0 aromatic heterocycles. The monoisotopic (exact) mass is 241 g/mol. The summed E-state index contributed by atoms with van der Waals surface area (Å²) >= 11 is 0. The van der Waals surface area contributed by atoms with Crippen LogP contribution in [0.25, 0.3) is 0 Å². The maximum absolute atomic E-state index is 11.4. The van der Waals surface area contributed by atoms with Crippen LogP contribution in [0.3, 0.4) is 0 Å². The van der Waals surface area contributed by atoms with Crippen LogP contribution in [-0.2, 0) is 19.1 Å². The van der Waals surface area contributed by atoms with Crippen molar-refractivity contribution in [2.24, 2.45) is 0 Å². The molecule has 2 unspecified atom stereocenters. The highest BCUT2D eigenvalue weighted by Gasteiger charge is 2.45. The van der Waals surface area contributed by atoms with Gasteiger partial charge in [-0.15, -0.1) is 0 Å². The van der Waals surface area contributed by atoms with Crippen LogP contribution in [0.2, 0.25) is 0 Å². The second-order valence-electron chi connectivity index (χ2n) is 4.60. The summed E-state index contributed by atoms with van der Waals surface area (Å²) < 4.78 is 10.7. The van der Waals surface area contributed by atoms with Gasteiger partial charge >= 0.3 is 5.97 Å². The highest BCUT2D eigenvalue weighted by Crippen LogP contribution is 2.28. The fraction of sp³-hybridized carbons (Fsp3) is 0.833. The maximum Gasteiger partial charge on any atom is 0.305 e. The van der Waals surface area contributed by atoms with E-state index in [2.05, 4.69) is 6.92 Å². The van der Waals surface area contributed by atoms with Gasteiger partial charge in [-0.1, -0.05) is 19.8 Å². The lowest BCUT2D eigenvalue weighted by molar-refractivity contribution is -0.159. The third-order valence-electron chi connectivity index (χ3n) is 3.18. The van der Waals surface area contributed by atoms with Gasteiger partial charge in [0.25, 0.3) is 0 Å². The Kier molecular flexibility index (Phi) is 3.99. The first-order valence-electron chi connectivity index (χ1n) is 6.31. The van der Waals surface area contributed by atoms with Crippen LogP contribution in [-0.4, -0.2) is 42.3 Å². The number of fused-ring (bicyclic) bond motifs is 1. The lowest BCUT2D eigenvalue weighted by Crippen LogP contribution is -2.48. The Bertz CT molecular complexity index is 305. The predicted octanol–water partition coefficient (Wildman–Crippen LogP) is 1.07. The molecule has 0 bridgehead atoms. The van der Waals surface area contributed by atoms with E-state index in [4.69, 9.17) is 9.47 Å². The zero-order chi connectivity index (χ0) is 12.3. The van der Waals surface area contributed by atoms with E-state index in [0.29, 0.717) is 19.4 Å². The van der Waals surface area contributed by atoms with Crippen molar-refractivity contribution < 1.29 is 19.1 Å². The van der Waals surface area contributed by atoms with Gasteiger partial charge in [-0.2, -0.15) is 0 Å². The quantitative estimate of drug-likeness (QED) is 0.396. The van der Waals surface area contributed by atoms with Crippen LogP contribution in [0.4, 0.5) is 0 Å². The number of ether oxygens (including phenoxy) is 2. The van der Waals surface area contributed by atoms with Gasteiger partial charge in [0, 0.05) is 6.42 Å². The third kappa shape index (κ3) is 2.97. The lowest BCUT2D eigenvalue weighted by Gasteiger charge is -2.31. The van der Waals surface area contributed by atoms with Crippen molar-refractivity contribution in [2.75, 3.05) is 13.2 Å². The van der Waals surface area contributed by atoms with Crippen molar-refractivity contribution >= 4 is 11.9 Å². The lowest BCUT2D eigenvalue weighted by atomic mass is 10.2. The topological polar surface area (TPSA) is 55.8 Å². The maximum atomic E-state index is 11.4. The second-order valence-corrected chi connectivity index (χ2v) is 4.60. The number of esters is 1. The summed E-state index contributed by atoms with van der Waals surface area (Å²) in [6.45, 7) is 2.93. The molecule has 1 amide bonds. The Hall–Kier alpha value is -1.10. The molecule has 2 fully saturated rings. The molecule has 2 aliphatic heterocycles. The van der Waals surface area contributed by atoms with Gasteiger partial charge in [-0.05, 0) is 6.42 Å². The van der Waals surface area contributed by atoms with Crippen LogP contribution in [0.15, 0.2) is 0 Å². The van der Waals surface area contributed by atoms with E-state index in [1.54, 1.807) is 4.90 Å². The second kappa shape index (κ2) is 5.49. The number of rotatable bonds is 6. The number of carbonyl (C=O) groups excluding carboxylic acids is 2. The minimum Gasteiger partial charge on any atom is -0.463 e. The first kappa shape index (κ1) is 12.4. The summed E-state index contributed by atoms with van der Waals surface area (Å²) in [5.74, 6) is -0.0330. The zero-order valence-corrected chi connectivity index (χ0v) is 10.2. The molecule has 96 valence electrons. The molecule has 5 heteroatoms. The van der Waals surface area contributed by atoms with Crippen molar-refractivity contribution in [2.45, 2.75) is 51.4 Å². The summed E-state index contributed by atoms with van der Waals surface area (Å²) in [5.41, 5.74) is 0. The highest BCUT2D eigenvalue weighted by atomic mass is 16.6. The van der Waals surface area contributed by atoms with Gasteiger partial charge in [0.2, 0.25) is 5.91 Å². The minimum atomic E-state index is -0.164. The number of unbranched alkanes of at least 4 members (excludes halogenated alkanes) is 2. The highest BCUT2D eigenvalue weighted by molar-refractivity contribution is 5.83. The molecule has 0 aliphatic carbocycles. The molecule has 0 radical (unpaired) electrons. The van der Waals surface area contributed by atoms with E-state index in [9.17, 15) is 9.59 Å². The van der Waals surface area contributed by atoms with Crippen molar-refractivity contribution in [3.8, 4) is 0 Å².